The van der Waals surface area contributed by atoms with Crippen LogP contribution in [0.5, 0.6) is 11.5 Å². The summed E-state index contributed by atoms with van der Waals surface area (Å²) in [4.78, 5) is 65.9. The number of carbonyl (C=O) groups excluding carboxylic acids is 4. The number of ether oxygens (including phenoxy) is 3. The lowest BCUT2D eigenvalue weighted by Crippen LogP contribution is -2.60. The van der Waals surface area contributed by atoms with Gasteiger partial charge in [-0.2, -0.15) is 5.26 Å². The van der Waals surface area contributed by atoms with Crippen LogP contribution in [-0.4, -0.2) is 113 Å². The summed E-state index contributed by atoms with van der Waals surface area (Å²) < 4.78 is 18.1. The number of halogens is 1. The Kier molecular flexibility index (Phi) is 11.6. The summed E-state index contributed by atoms with van der Waals surface area (Å²) in [5.41, 5.74) is 2.15. The first kappa shape index (κ1) is 40.1. The minimum atomic E-state index is -0.636. The fourth-order valence-electron chi connectivity index (χ4n) is 9.41. The number of anilines is 1. The van der Waals surface area contributed by atoms with Gasteiger partial charge in [0.2, 0.25) is 11.8 Å². The summed E-state index contributed by atoms with van der Waals surface area (Å²) in [5, 5.41) is 15.0. The summed E-state index contributed by atoms with van der Waals surface area (Å²) in [6.07, 6.45) is 11.0. The molecular weight excluding hydrogens is 788 g/mol. The maximum Gasteiger partial charge on any atom is 0.271 e. The second-order valence-corrected chi connectivity index (χ2v) is 17.4. The third-order valence-corrected chi connectivity index (χ3v) is 13.4. The van der Waals surface area contributed by atoms with E-state index in [1.807, 2.05) is 12.1 Å². The number of piperidine rings is 2. The second-order valence-electron chi connectivity index (χ2n) is 17.0. The number of benzene rings is 2. The lowest BCUT2D eigenvalue weighted by Gasteiger charge is -2.50. The van der Waals surface area contributed by atoms with E-state index >= 15 is 0 Å². The molecule has 60 heavy (non-hydrogen) atoms. The van der Waals surface area contributed by atoms with E-state index in [0.717, 1.165) is 101 Å². The topological polar surface area (TPSA) is 179 Å². The SMILES string of the molecule is N#Cc1ccc(OC2CCC(NC(=O)c3cnc(N4CCC(CN(C5COC5)C5CC(Oc6ccc7c(c6)CN([C@@H]6CCC(=O)NC6=O)C7=O)C5)CC4)cn3)CC2)cc1Cl. The van der Waals surface area contributed by atoms with E-state index in [0.29, 0.717) is 58.6 Å². The van der Waals surface area contributed by atoms with Gasteiger partial charge < -0.3 is 29.3 Å². The molecule has 2 N–H and O–H groups in total. The number of nitrogens with zero attached hydrogens (tertiary/aromatic N) is 6. The van der Waals surface area contributed by atoms with Gasteiger partial charge in [0.25, 0.3) is 11.8 Å². The summed E-state index contributed by atoms with van der Waals surface area (Å²) in [6, 6.07) is 13.0. The zero-order valence-electron chi connectivity index (χ0n) is 33.4. The highest BCUT2D eigenvalue weighted by molar-refractivity contribution is 6.31. The molecule has 2 saturated carbocycles. The fourth-order valence-corrected chi connectivity index (χ4v) is 9.63. The highest BCUT2D eigenvalue weighted by Crippen LogP contribution is 2.37. The number of amides is 4. The molecule has 4 aliphatic heterocycles. The number of imide groups is 1. The molecule has 1 atom stereocenters. The molecule has 0 spiro atoms. The summed E-state index contributed by atoms with van der Waals surface area (Å²) in [5.74, 6) is 1.59. The van der Waals surface area contributed by atoms with Crippen molar-refractivity contribution in [1.82, 2.24) is 30.4 Å². The van der Waals surface area contributed by atoms with Crippen molar-refractivity contribution in [3.8, 4) is 17.6 Å². The maximum atomic E-state index is 13.1. The van der Waals surface area contributed by atoms with Crippen molar-refractivity contribution in [2.75, 3.05) is 37.7 Å². The van der Waals surface area contributed by atoms with E-state index in [9.17, 15) is 19.2 Å². The van der Waals surface area contributed by atoms with Crippen LogP contribution in [0.3, 0.4) is 0 Å². The van der Waals surface area contributed by atoms with E-state index in [2.05, 4.69) is 36.5 Å². The van der Waals surface area contributed by atoms with Crippen LogP contribution in [0, 0.1) is 17.2 Å². The summed E-state index contributed by atoms with van der Waals surface area (Å²) in [7, 11) is 0. The molecule has 16 heteroatoms. The largest absolute Gasteiger partial charge is 0.490 e. The number of nitriles is 1. The molecule has 9 rings (SSSR count). The van der Waals surface area contributed by atoms with Crippen LogP contribution in [0.4, 0.5) is 5.82 Å². The van der Waals surface area contributed by atoms with E-state index in [4.69, 9.17) is 31.1 Å². The van der Waals surface area contributed by atoms with Crippen molar-refractivity contribution in [3.63, 3.8) is 0 Å². The van der Waals surface area contributed by atoms with Gasteiger partial charge in [-0.25, -0.2) is 9.97 Å². The lowest BCUT2D eigenvalue weighted by atomic mass is 9.84. The van der Waals surface area contributed by atoms with Gasteiger partial charge in [0.1, 0.15) is 41.2 Å². The Morgan fingerprint density at radius 1 is 0.933 bits per heavy atom. The Morgan fingerprint density at radius 2 is 1.68 bits per heavy atom. The molecule has 3 saturated heterocycles. The first-order valence-electron chi connectivity index (χ1n) is 21.2. The molecule has 4 amide bonds. The van der Waals surface area contributed by atoms with Gasteiger partial charge in [-0.3, -0.25) is 29.4 Å². The van der Waals surface area contributed by atoms with Gasteiger partial charge in [-0.05, 0) is 86.8 Å². The number of hydrogen-bond acceptors (Lipinski definition) is 12. The quantitative estimate of drug-likeness (QED) is 0.246. The molecule has 5 fully saturated rings. The van der Waals surface area contributed by atoms with E-state index in [1.54, 1.807) is 41.6 Å². The second kappa shape index (κ2) is 17.4. The predicted octanol–water partition coefficient (Wildman–Crippen LogP) is 4.41. The molecule has 2 aliphatic carbocycles. The predicted molar refractivity (Wildman–Crippen MR) is 219 cm³/mol. The molecule has 1 aromatic heterocycles. The van der Waals surface area contributed by atoms with Crippen molar-refractivity contribution in [2.45, 2.75) is 107 Å². The maximum absolute atomic E-state index is 13.1. The van der Waals surface area contributed by atoms with E-state index in [1.165, 1.54) is 0 Å². The Morgan fingerprint density at radius 3 is 2.37 bits per heavy atom. The van der Waals surface area contributed by atoms with E-state index in [-0.39, 0.29) is 42.4 Å². The van der Waals surface area contributed by atoms with Gasteiger partial charge >= 0.3 is 0 Å². The zero-order chi connectivity index (χ0) is 41.3. The van der Waals surface area contributed by atoms with Crippen LogP contribution in [0.1, 0.15) is 96.2 Å². The number of rotatable bonds is 12. The number of hydrogen-bond donors (Lipinski definition) is 2. The normalized spacial score (nSPS) is 25.8. The minimum Gasteiger partial charge on any atom is -0.490 e. The van der Waals surface area contributed by atoms with Crippen molar-refractivity contribution >= 4 is 41.0 Å². The summed E-state index contributed by atoms with van der Waals surface area (Å²) >= 11 is 6.16. The van der Waals surface area contributed by atoms with Crippen LogP contribution in [0.25, 0.3) is 0 Å². The van der Waals surface area contributed by atoms with Crippen LogP contribution >= 0.6 is 11.6 Å². The number of nitrogens with one attached hydrogen (secondary N) is 2. The van der Waals surface area contributed by atoms with Gasteiger partial charge in [0.05, 0.1) is 48.3 Å². The Balaban J connectivity index is 0.707. The minimum absolute atomic E-state index is 0.0216. The average molecular weight is 837 g/mol. The molecule has 5 heterocycles. The molecule has 314 valence electrons. The first-order chi connectivity index (χ1) is 29.2. The van der Waals surface area contributed by atoms with Crippen LogP contribution in [-0.2, 0) is 20.9 Å². The van der Waals surface area contributed by atoms with Crippen LogP contribution < -0.4 is 25.0 Å². The van der Waals surface area contributed by atoms with Gasteiger partial charge in [-0.15, -0.1) is 0 Å². The molecule has 3 aromatic rings. The standard InChI is InChI=1S/C44H49ClN8O7/c45-37-18-34(4-1-27(37)19-46)59-32-5-2-29(3-6-32)49-42(55)38-20-48-40(21-47-38)51-13-11-26(12-14-51)22-52(31-24-58-25-31)30-16-35(17-30)60-33-7-8-36-28(15-33)23-53(44(36)57)39-9-10-41(54)50-43(39)56/h1,4,7-8,15,18,20-21,26,29-32,35,39H,2-3,5-6,9-14,16-17,22-25H2,(H,49,55)(H,50,54,56)/t29?,30?,32?,35?,39-/m1/s1. The van der Waals surface area contributed by atoms with Crippen LogP contribution in [0.2, 0.25) is 5.02 Å². The molecule has 0 unspecified atom stereocenters. The highest BCUT2D eigenvalue weighted by Gasteiger charge is 2.43. The van der Waals surface area contributed by atoms with Crippen molar-refractivity contribution < 1.29 is 33.4 Å². The average Bonchev–Trinajstić information content (AvgIpc) is 3.54. The molecule has 0 bridgehead atoms. The fraction of sp³-hybridized carbons (Fsp3) is 0.523. The van der Waals surface area contributed by atoms with Crippen LogP contribution in [0.15, 0.2) is 48.8 Å². The molecule has 15 nitrogen and oxygen atoms in total. The Labute approximate surface area is 353 Å². The molecule has 2 aromatic carbocycles. The number of fused-ring (bicyclic) bond motifs is 1. The highest BCUT2D eigenvalue weighted by atomic mass is 35.5. The smallest absolute Gasteiger partial charge is 0.271 e. The monoisotopic (exact) mass is 836 g/mol. The van der Waals surface area contributed by atoms with Gasteiger partial charge in [-0.1, -0.05) is 11.6 Å². The number of carbonyl (C=O) groups is 4. The van der Waals surface area contributed by atoms with Crippen molar-refractivity contribution in [1.29, 1.82) is 5.26 Å². The number of aromatic nitrogens is 2. The Bertz CT molecular complexity index is 2160. The third-order valence-electron chi connectivity index (χ3n) is 13.1. The first-order valence-corrected chi connectivity index (χ1v) is 21.6. The zero-order valence-corrected chi connectivity index (χ0v) is 34.1. The van der Waals surface area contributed by atoms with Gasteiger partial charge in [0.15, 0.2) is 0 Å². The third kappa shape index (κ3) is 8.64. The summed E-state index contributed by atoms with van der Waals surface area (Å²) in [6.45, 7) is 4.59. The van der Waals surface area contributed by atoms with Crippen molar-refractivity contribution in [2.24, 2.45) is 5.92 Å². The Hall–Kier alpha value is -5.30. The molecule has 0 radical (unpaired) electrons. The molecule has 6 aliphatic rings. The van der Waals surface area contributed by atoms with Gasteiger partial charge in [0, 0.05) is 69.2 Å². The molecular formula is C44H49ClN8O7. The van der Waals surface area contributed by atoms with E-state index < -0.39 is 11.9 Å². The lowest BCUT2D eigenvalue weighted by molar-refractivity contribution is -0.136. The van der Waals surface area contributed by atoms with Crippen molar-refractivity contribution in [3.05, 3.63) is 76.2 Å².